The Morgan fingerprint density at radius 2 is 1.85 bits per heavy atom. The summed E-state index contributed by atoms with van der Waals surface area (Å²) in [7, 11) is 0. The average molecular weight is 277 g/mol. The Morgan fingerprint density at radius 1 is 1.25 bits per heavy atom. The molecule has 2 N–H and O–H groups in total. The Kier molecular flexibility index (Phi) is 5.46. The van der Waals surface area contributed by atoms with Crippen molar-refractivity contribution in [2.45, 2.75) is 6.92 Å². The molecule has 1 amide bonds. The Balaban J connectivity index is 2.54. The highest BCUT2D eigenvalue weighted by Gasteiger charge is 2.16. The summed E-state index contributed by atoms with van der Waals surface area (Å²) < 4.78 is 4.90. The van der Waals surface area contributed by atoms with Crippen LogP contribution in [0.2, 0.25) is 0 Å². The zero-order valence-electron chi connectivity index (χ0n) is 11.0. The molecule has 106 valence electrons. The molecule has 0 spiro atoms. The number of nitrogens with one attached hydrogen (secondary N) is 1. The summed E-state index contributed by atoms with van der Waals surface area (Å²) in [6.45, 7) is 5.10. The Labute approximate surface area is 116 Å². The predicted molar refractivity (Wildman–Crippen MR) is 71.5 cm³/mol. The maximum absolute atomic E-state index is 11.7. The molecule has 0 saturated heterocycles. The van der Waals surface area contributed by atoms with Gasteiger partial charge in [-0.3, -0.25) is 4.79 Å². The maximum atomic E-state index is 11.7. The van der Waals surface area contributed by atoms with Crippen molar-refractivity contribution in [3.05, 3.63) is 47.5 Å². The first-order chi connectivity index (χ1) is 9.43. The van der Waals surface area contributed by atoms with Crippen LogP contribution in [-0.4, -0.2) is 36.1 Å². The van der Waals surface area contributed by atoms with Crippen LogP contribution < -0.4 is 5.32 Å². The van der Waals surface area contributed by atoms with E-state index in [4.69, 9.17) is 9.84 Å². The molecule has 6 nitrogen and oxygen atoms in total. The summed E-state index contributed by atoms with van der Waals surface area (Å²) in [6.07, 6.45) is 0. The van der Waals surface area contributed by atoms with Crippen LogP contribution in [-0.2, 0) is 9.53 Å². The van der Waals surface area contributed by atoms with Gasteiger partial charge in [0, 0.05) is 5.57 Å². The van der Waals surface area contributed by atoms with Crippen molar-refractivity contribution < 1.29 is 24.2 Å². The van der Waals surface area contributed by atoms with E-state index in [1.54, 1.807) is 13.0 Å². The van der Waals surface area contributed by atoms with E-state index < -0.39 is 11.9 Å². The molecular weight excluding hydrogens is 262 g/mol. The smallest absolute Gasteiger partial charge is 0.339 e. The molecule has 0 heterocycles. The lowest BCUT2D eigenvalue weighted by Gasteiger charge is -2.08. The molecule has 0 aliphatic rings. The minimum Gasteiger partial charge on any atom is -0.478 e. The van der Waals surface area contributed by atoms with Gasteiger partial charge >= 0.3 is 11.9 Å². The fourth-order valence-corrected chi connectivity index (χ4v) is 1.38. The molecule has 0 radical (unpaired) electrons. The summed E-state index contributed by atoms with van der Waals surface area (Å²) >= 11 is 0. The van der Waals surface area contributed by atoms with E-state index in [2.05, 4.69) is 11.9 Å². The molecule has 1 rings (SSSR count). The number of carbonyl (C=O) groups excluding carboxylic acids is 2. The number of aromatic carboxylic acids is 1. The molecule has 0 aromatic heterocycles. The Bertz CT molecular complexity index is 550. The van der Waals surface area contributed by atoms with Crippen molar-refractivity contribution in [3.63, 3.8) is 0 Å². The normalized spacial score (nSPS) is 9.65. The van der Waals surface area contributed by atoms with Gasteiger partial charge in [-0.2, -0.15) is 0 Å². The zero-order valence-corrected chi connectivity index (χ0v) is 11.0. The highest BCUT2D eigenvalue weighted by atomic mass is 16.5. The monoisotopic (exact) mass is 277 g/mol. The largest absolute Gasteiger partial charge is 0.478 e. The molecule has 0 aliphatic heterocycles. The van der Waals surface area contributed by atoms with Crippen LogP contribution in [0.25, 0.3) is 0 Å². The first-order valence-corrected chi connectivity index (χ1v) is 5.86. The number of carboxylic acids is 1. The second-order valence-electron chi connectivity index (χ2n) is 4.02. The molecule has 0 bridgehead atoms. The van der Waals surface area contributed by atoms with Gasteiger partial charge in [-0.25, -0.2) is 9.59 Å². The van der Waals surface area contributed by atoms with Crippen molar-refractivity contribution in [1.82, 2.24) is 5.32 Å². The van der Waals surface area contributed by atoms with Crippen molar-refractivity contribution >= 4 is 17.8 Å². The SMILES string of the molecule is C=C(C)C(=O)NCCOC(=O)c1ccccc1C(=O)O. The van der Waals surface area contributed by atoms with Gasteiger partial charge in [0.2, 0.25) is 5.91 Å². The van der Waals surface area contributed by atoms with Crippen LogP contribution in [0.3, 0.4) is 0 Å². The van der Waals surface area contributed by atoms with E-state index in [0.29, 0.717) is 5.57 Å². The topological polar surface area (TPSA) is 92.7 Å². The number of hydrogen-bond donors (Lipinski definition) is 2. The maximum Gasteiger partial charge on any atom is 0.339 e. The summed E-state index contributed by atoms with van der Waals surface area (Å²) in [6, 6.07) is 5.76. The number of rotatable bonds is 6. The van der Waals surface area contributed by atoms with E-state index in [9.17, 15) is 14.4 Å². The Morgan fingerprint density at radius 3 is 2.40 bits per heavy atom. The van der Waals surface area contributed by atoms with Crippen LogP contribution in [0.1, 0.15) is 27.6 Å². The fourth-order valence-electron chi connectivity index (χ4n) is 1.38. The van der Waals surface area contributed by atoms with E-state index in [0.717, 1.165) is 0 Å². The summed E-state index contributed by atoms with van der Waals surface area (Å²) in [5.74, 6) is -2.27. The Hall–Kier alpha value is -2.63. The van der Waals surface area contributed by atoms with Crippen LogP contribution in [0, 0.1) is 0 Å². The third kappa shape index (κ3) is 4.24. The van der Waals surface area contributed by atoms with Gasteiger partial charge in [0.25, 0.3) is 0 Å². The molecule has 0 saturated carbocycles. The quantitative estimate of drug-likeness (QED) is 0.463. The van der Waals surface area contributed by atoms with Crippen molar-refractivity contribution in [3.8, 4) is 0 Å². The number of amides is 1. The number of carbonyl (C=O) groups is 3. The van der Waals surface area contributed by atoms with Gasteiger partial charge in [0.15, 0.2) is 0 Å². The first-order valence-electron chi connectivity index (χ1n) is 5.86. The summed E-state index contributed by atoms with van der Waals surface area (Å²) in [5.41, 5.74) is 0.210. The molecule has 0 atom stereocenters. The summed E-state index contributed by atoms with van der Waals surface area (Å²) in [5, 5.41) is 11.4. The third-order valence-electron chi connectivity index (χ3n) is 2.39. The molecule has 0 aliphatic carbocycles. The van der Waals surface area contributed by atoms with Crippen molar-refractivity contribution in [2.24, 2.45) is 0 Å². The predicted octanol–water partition coefficient (Wildman–Crippen LogP) is 1.23. The lowest BCUT2D eigenvalue weighted by atomic mass is 10.1. The molecule has 0 unspecified atom stereocenters. The molecular formula is C14H15NO5. The van der Waals surface area contributed by atoms with Crippen LogP contribution in [0.5, 0.6) is 0 Å². The van der Waals surface area contributed by atoms with E-state index >= 15 is 0 Å². The number of ether oxygens (including phenoxy) is 1. The number of benzene rings is 1. The van der Waals surface area contributed by atoms with Crippen LogP contribution in [0.15, 0.2) is 36.4 Å². The minimum absolute atomic E-state index is 0.0220. The molecule has 0 fully saturated rings. The van der Waals surface area contributed by atoms with Gasteiger partial charge in [-0.05, 0) is 19.1 Å². The first kappa shape index (κ1) is 15.4. The lowest BCUT2D eigenvalue weighted by Crippen LogP contribution is -2.28. The second-order valence-corrected chi connectivity index (χ2v) is 4.02. The van der Waals surface area contributed by atoms with Gasteiger partial charge in [0.05, 0.1) is 17.7 Å². The van der Waals surface area contributed by atoms with Crippen LogP contribution >= 0.6 is 0 Å². The fraction of sp³-hybridized carbons (Fsp3) is 0.214. The van der Waals surface area contributed by atoms with Gasteiger partial charge in [0.1, 0.15) is 6.61 Å². The molecule has 6 heteroatoms. The van der Waals surface area contributed by atoms with Crippen LogP contribution in [0.4, 0.5) is 0 Å². The molecule has 1 aromatic carbocycles. The highest BCUT2D eigenvalue weighted by Crippen LogP contribution is 2.10. The standard InChI is InChI=1S/C14H15NO5/c1-9(2)12(16)15-7-8-20-14(19)11-6-4-3-5-10(11)13(17)18/h3-6H,1,7-8H2,2H3,(H,15,16)(H,17,18). The average Bonchev–Trinajstić information content (AvgIpc) is 2.42. The highest BCUT2D eigenvalue weighted by molar-refractivity contribution is 6.02. The second kappa shape index (κ2) is 7.08. The lowest BCUT2D eigenvalue weighted by molar-refractivity contribution is -0.117. The zero-order chi connectivity index (χ0) is 15.1. The minimum atomic E-state index is -1.20. The van der Waals surface area contributed by atoms with Crippen molar-refractivity contribution in [2.75, 3.05) is 13.2 Å². The number of carboxylic acid groups (broad SMARTS) is 1. The number of hydrogen-bond acceptors (Lipinski definition) is 4. The molecule has 20 heavy (non-hydrogen) atoms. The van der Waals surface area contributed by atoms with Gasteiger partial charge in [-0.15, -0.1) is 0 Å². The summed E-state index contributed by atoms with van der Waals surface area (Å²) in [4.78, 5) is 33.9. The molecule has 1 aromatic rings. The van der Waals surface area contributed by atoms with E-state index in [-0.39, 0.29) is 30.2 Å². The number of esters is 1. The van der Waals surface area contributed by atoms with Gasteiger partial charge < -0.3 is 15.2 Å². The van der Waals surface area contributed by atoms with Crippen molar-refractivity contribution in [1.29, 1.82) is 0 Å². The van der Waals surface area contributed by atoms with E-state index in [1.807, 2.05) is 0 Å². The van der Waals surface area contributed by atoms with E-state index in [1.165, 1.54) is 18.2 Å². The van der Waals surface area contributed by atoms with Gasteiger partial charge in [-0.1, -0.05) is 18.7 Å². The third-order valence-corrected chi connectivity index (χ3v) is 2.39.